The van der Waals surface area contributed by atoms with Gasteiger partial charge < -0.3 is 9.84 Å². The van der Waals surface area contributed by atoms with Crippen LogP contribution >= 0.6 is 0 Å². The molecule has 128 valence electrons. The highest BCUT2D eigenvalue weighted by Gasteiger charge is 2.16. The number of aromatic nitrogens is 2. The van der Waals surface area contributed by atoms with Crippen LogP contribution in [0.25, 0.3) is 5.65 Å². The van der Waals surface area contributed by atoms with Gasteiger partial charge in [0, 0.05) is 6.20 Å². The van der Waals surface area contributed by atoms with E-state index >= 15 is 0 Å². The summed E-state index contributed by atoms with van der Waals surface area (Å²) in [7, 11) is 1.34. The molecule has 7 nitrogen and oxygen atoms in total. The smallest absolute Gasteiger partial charge is 0.337 e. The Morgan fingerprint density at radius 3 is 2.56 bits per heavy atom. The number of nitrogens with zero attached hydrogens (tertiary/aromatic N) is 4. The molecule has 1 aromatic carbocycles. The number of esters is 1. The van der Waals surface area contributed by atoms with Crippen molar-refractivity contribution in [1.29, 1.82) is 0 Å². The van der Waals surface area contributed by atoms with Gasteiger partial charge in [-0.1, -0.05) is 13.8 Å². The molecule has 0 spiro atoms. The first-order valence-corrected chi connectivity index (χ1v) is 7.81. The van der Waals surface area contributed by atoms with Crippen LogP contribution in [-0.2, 0) is 4.74 Å². The highest BCUT2D eigenvalue weighted by atomic mass is 16.5. The lowest BCUT2D eigenvalue weighted by Crippen LogP contribution is -1.99. The Hall–Kier alpha value is -3.22. The van der Waals surface area contributed by atoms with Crippen LogP contribution in [0.2, 0.25) is 0 Å². The summed E-state index contributed by atoms with van der Waals surface area (Å²) in [5, 5.41) is 18.5. The average Bonchev–Trinajstić information content (AvgIpc) is 3.00. The summed E-state index contributed by atoms with van der Waals surface area (Å²) < 4.78 is 6.37. The van der Waals surface area contributed by atoms with Gasteiger partial charge in [-0.25, -0.2) is 9.78 Å². The summed E-state index contributed by atoms with van der Waals surface area (Å²) in [5.74, 6) is 0.379. The van der Waals surface area contributed by atoms with Gasteiger partial charge in [-0.3, -0.25) is 4.40 Å². The van der Waals surface area contributed by atoms with E-state index in [2.05, 4.69) is 19.9 Å². The van der Waals surface area contributed by atoms with Crippen LogP contribution in [-0.4, -0.2) is 27.6 Å². The molecule has 0 amide bonds. The van der Waals surface area contributed by atoms with Gasteiger partial charge in [0.1, 0.15) is 0 Å². The number of aromatic hydroxyl groups is 1. The highest BCUT2D eigenvalue weighted by Crippen LogP contribution is 2.32. The number of fused-ring (bicyclic) bond motifs is 1. The maximum Gasteiger partial charge on any atom is 0.337 e. The minimum absolute atomic E-state index is 0.0910. The van der Waals surface area contributed by atoms with Crippen LogP contribution in [0.15, 0.2) is 52.8 Å². The minimum atomic E-state index is -0.400. The molecule has 0 aliphatic carbocycles. The summed E-state index contributed by atoms with van der Waals surface area (Å²) in [6.07, 6.45) is 1.78. The second-order valence-electron chi connectivity index (χ2n) is 5.80. The summed E-state index contributed by atoms with van der Waals surface area (Å²) >= 11 is 0. The van der Waals surface area contributed by atoms with Gasteiger partial charge in [0.15, 0.2) is 17.2 Å². The molecular weight excluding hydrogens is 320 g/mol. The van der Waals surface area contributed by atoms with Gasteiger partial charge in [-0.05, 0) is 42.3 Å². The number of azo groups is 1. The second kappa shape index (κ2) is 6.72. The number of rotatable bonds is 4. The third kappa shape index (κ3) is 3.21. The first kappa shape index (κ1) is 16.6. The van der Waals surface area contributed by atoms with E-state index in [9.17, 15) is 9.90 Å². The molecule has 0 unspecified atom stereocenters. The van der Waals surface area contributed by atoms with Gasteiger partial charge >= 0.3 is 5.97 Å². The lowest BCUT2D eigenvalue weighted by atomic mass is 10.1. The fourth-order valence-corrected chi connectivity index (χ4v) is 2.43. The molecule has 25 heavy (non-hydrogen) atoms. The number of carbonyl (C=O) groups is 1. The number of ether oxygens (including phenoxy) is 1. The molecule has 7 heteroatoms. The van der Waals surface area contributed by atoms with Crippen molar-refractivity contribution >= 4 is 23.1 Å². The van der Waals surface area contributed by atoms with E-state index in [0.717, 1.165) is 5.69 Å². The molecule has 0 fully saturated rings. The van der Waals surface area contributed by atoms with Crippen molar-refractivity contribution in [3.8, 4) is 5.75 Å². The summed E-state index contributed by atoms with van der Waals surface area (Å²) in [6.45, 7) is 4.01. The van der Waals surface area contributed by atoms with Crippen LogP contribution in [0, 0.1) is 0 Å². The summed E-state index contributed by atoms with van der Waals surface area (Å²) in [6, 6.07) is 9.93. The molecule has 1 N–H and O–H groups in total. The number of hydrogen-bond acceptors (Lipinski definition) is 6. The molecule has 0 aliphatic heterocycles. The zero-order valence-electron chi connectivity index (χ0n) is 14.2. The predicted molar refractivity (Wildman–Crippen MR) is 92.9 cm³/mol. The van der Waals surface area contributed by atoms with Crippen LogP contribution in [0.3, 0.4) is 0 Å². The number of hydrogen-bond donors (Lipinski definition) is 1. The second-order valence-corrected chi connectivity index (χ2v) is 5.80. The number of carbonyl (C=O) groups excluding carboxylic acids is 1. The molecule has 0 atom stereocenters. The fourth-order valence-electron chi connectivity index (χ4n) is 2.43. The van der Waals surface area contributed by atoms with Gasteiger partial charge in [0.2, 0.25) is 0 Å². The standard InChI is InChI=1S/C18H18N4O3/c1-11(2)15-17(22-10-4-5-14(23)16(22)19-15)21-20-13-8-6-12(7-9-13)18(24)25-3/h4-11,23H,1-3H3. The Morgan fingerprint density at radius 2 is 1.92 bits per heavy atom. The topological polar surface area (TPSA) is 88.5 Å². The summed E-state index contributed by atoms with van der Waals surface area (Å²) in [5.41, 5.74) is 2.24. The van der Waals surface area contributed by atoms with Gasteiger partial charge in [0.05, 0.1) is 24.1 Å². The number of methoxy groups -OCH3 is 1. The van der Waals surface area contributed by atoms with Crippen LogP contribution in [0.1, 0.15) is 35.8 Å². The molecule has 0 saturated heterocycles. The third-order valence-corrected chi connectivity index (χ3v) is 3.73. The first-order valence-electron chi connectivity index (χ1n) is 7.81. The third-order valence-electron chi connectivity index (χ3n) is 3.73. The Balaban J connectivity index is 1.99. The quantitative estimate of drug-likeness (QED) is 0.565. The Kier molecular flexibility index (Phi) is 4.47. The zero-order valence-corrected chi connectivity index (χ0v) is 14.2. The van der Waals surface area contributed by atoms with Crippen molar-refractivity contribution in [3.05, 3.63) is 53.9 Å². The normalized spacial score (nSPS) is 11.5. The van der Waals surface area contributed by atoms with Crippen LogP contribution < -0.4 is 0 Å². The van der Waals surface area contributed by atoms with E-state index in [-0.39, 0.29) is 11.7 Å². The van der Waals surface area contributed by atoms with E-state index in [1.54, 1.807) is 47.0 Å². The molecule has 2 heterocycles. The van der Waals surface area contributed by atoms with Crippen molar-refractivity contribution in [1.82, 2.24) is 9.38 Å². The Labute approximate surface area is 144 Å². The van der Waals surface area contributed by atoms with Gasteiger partial charge in [0.25, 0.3) is 0 Å². The van der Waals surface area contributed by atoms with Crippen molar-refractivity contribution in [2.45, 2.75) is 19.8 Å². The molecule has 0 bridgehead atoms. The number of pyridine rings is 1. The first-order chi connectivity index (χ1) is 12.0. The molecule has 3 aromatic rings. The van der Waals surface area contributed by atoms with E-state index in [0.29, 0.717) is 22.7 Å². The van der Waals surface area contributed by atoms with Crippen molar-refractivity contribution in [2.24, 2.45) is 10.2 Å². The highest BCUT2D eigenvalue weighted by molar-refractivity contribution is 5.89. The molecule has 0 saturated carbocycles. The van der Waals surface area contributed by atoms with Crippen molar-refractivity contribution in [3.63, 3.8) is 0 Å². The van der Waals surface area contributed by atoms with Gasteiger partial charge in [-0.15, -0.1) is 10.2 Å². The molecular formula is C18H18N4O3. The van der Waals surface area contributed by atoms with Crippen LogP contribution in [0.4, 0.5) is 11.5 Å². The molecule has 3 rings (SSSR count). The largest absolute Gasteiger partial charge is 0.504 e. The van der Waals surface area contributed by atoms with Crippen molar-refractivity contribution in [2.75, 3.05) is 7.11 Å². The average molecular weight is 338 g/mol. The number of imidazole rings is 1. The van der Waals surface area contributed by atoms with Crippen molar-refractivity contribution < 1.29 is 14.6 Å². The van der Waals surface area contributed by atoms with E-state index in [4.69, 9.17) is 0 Å². The monoisotopic (exact) mass is 338 g/mol. The maximum atomic E-state index is 11.5. The molecule has 2 aromatic heterocycles. The Morgan fingerprint density at radius 1 is 1.20 bits per heavy atom. The van der Waals surface area contributed by atoms with Gasteiger partial charge in [-0.2, -0.15) is 0 Å². The lowest BCUT2D eigenvalue weighted by molar-refractivity contribution is 0.0601. The zero-order chi connectivity index (χ0) is 18.0. The van der Waals surface area contributed by atoms with Crippen LogP contribution in [0.5, 0.6) is 5.75 Å². The maximum absolute atomic E-state index is 11.5. The number of benzene rings is 1. The molecule has 0 aliphatic rings. The lowest BCUT2D eigenvalue weighted by Gasteiger charge is -2.02. The van der Waals surface area contributed by atoms with E-state index in [1.165, 1.54) is 7.11 Å². The summed E-state index contributed by atoms with van der Waals surface area (Å²) in [4.78, 5) is 15.9. The fraction of sp³-hybridized carbons (Fsp3) is 0.222. The SMILES string of the molecule is COC(=O)c1ccc(N=Nc2c(C(C)C)nc3c(O)cccn23)cc1. The Bertz CT molecular complexity index is 943. The molecule has 0 radical (unpaired) electrons. The minimum Gasteiger partial charge on any atom is -0.504 e. The van der Waals surface area contributed by atoms with E-state index < -0.39 is 5.97 Å². The van der Waals surface area contributed by atoms with E-state index in [1.807, 2.05) is 13.8 Å². The predicted octanol–water partition coefficient (Wildman–Crippen LogP) is 4.37.